The first kappa shape index (κ1) is 17.6. The SMILES string of the molecule is CC(=O)CCC(=O)N1CCC2(CC1)CN(c1ccccc1)C(=O)CO2. The van der Waals surface area contributed by atoms with E-state index in [1.165, 1.54) is 6.92 Å². The summed E-state index contributed by atoms with van der Waals surface area (Å²) in [5.41, 5.74) is 0.497. The molecule has 25 heavy (non-hydrogen) atoms. The summed E-state index contributed by atoms with van der Waals surface area (Å²) in [6.45, 7) is 3.31. The summed E-state index contributed by atoms with van der Waals surface area (Å²) >= 11 is 0. The van der Waals surface area contributed by atoms with Crippen LogP contribution in [-0.4, -0.2) is 54.3 Å². The Morgan fingerprint density at radius 1 is 1.12 bits per heavy atom. The van der Waals surface area contributed by atoms with Gasteiger partial charge >= 0.3 is 0 Å². The van der Waals surface area contributed by atoms with Crippen LogP contribution in [0.5, 0.6) is 0 Å². The molecule has 134 valence electrons. The van der Waals surface area contributed by atoms with Crippen LogP contribution in [0.3, 0.4) is 0 Å². The van der Waals surface area contributed by atoms with Crippen molar-refractivity contribution in [2.45, 2.75) is 38.2 Å². The number of carbonyl (C=O) groups excluding carboxylic acids is 3. The number of Topliss-reactive ketones (excluding diaryl/α,β-unsaturated/α-hetero) is 1. The first-order valence-electron chi connectivity index (χ1n) is 8.76. The third kappa shape index (κ3) is 4.07. The first-order valence-corrected chi connectivity index (χ1v) is 8.76. The number of ether oxygens (including phenoxy) is 1. The van der Waals surface area contributed by atoms with E-state index in [4.69, 9.17) is 4.74 Å². The molecule has 2 fully saturated rings. The fourth-order valence-corrected chi connectivity index (χ4v) is 3.47. The van der Waals surface area contributed by atoms with Crippen LogP contribution >= 0.6 is 0 Å². The van der Waals surface area contributed by atoms with E-state index < -0.39 is 0 Å². The zero-order valence-corrected chi connectivity index (χ0v) is 14.6. The van der Waals surface area contributed by atoms with Gasteiger partial charge in [0.15, 0.2) is 0 Å². The molecule has 2 aliphatic heterocycles. The largest absolute Gasteiger partial charge is 0.363 e. The molecule has 0 aliphatic carbocycles. The van der Waals surface area contributed by atoms with E-state index in [9.17, 15) is 14.4 Å². The minimum absolute atomic E-state index is 0.0249. The number of anilines is 1. The number of morpholine rings is 1. The Hall–Kier alpha value is -2.21. The number of carbonyl (C=O) groups is 3. The van der Waals surface area contributed by atoms with Crippen LogP contribution < -0.4 is 4.90 Å². The Labute approximate surface area is 147 Å². The zero-order chi connectivity index (χ0) is 17.9. The van der Waals surface area contributed by atoms with E-state index in [1.54, 1.807) is 9.80 Å². The Balaban J connectivity index is 1.61. The van der Waals surface area contributed by atoms with Crippen molar-refractivity contribution < 1.29 is 19.1 Å². The van der Waals surface area contributed by atoms with E-state index >= 15 is 0 Å². The molecule has 2 aliphatic rings. The van der Waals surface area contributed by atoms with Gasteiger partial charge in [-0.15, -0.1) is 0 Å². The summed E-state index contributed by atoms with van der Waals surface area (Å²) in [6, 6.07) is 9.62. The molecule has 2 saturated heterocycles. The number of likely N-dealkylation sites (tertiary alicyclic amines) is 1. The molecular formula is C19H24N2O4. The van der Waals surface area contributed by atoms with Crippen molar-refractivity contribution in [2.24, 2.45) is 0 Å². The highest BCUT2D eigenvalue weighted by Crippen LogP contribution is 2.32. The van der Waals surface area contributed by atoms with Crippen LogP contribution in [-0.2, 0) is 19.1 Å². The lowest BCUT2D eigenvalue weighted by Gasteiger charge is -2.47. The number of benzene rings is 1. The number of hydrogen-bond acceptors (Lipinski definition) is 4. The van der Waals surface area contributed by atoms with Crippen LogP contribution in [0.15, 0.2) is 30.3 Å². The number of nitrogens with zero attached hydrogens (tertiary/aromatic N) is 2. The average Bonchev–Trinajstić information content (AvgIpc) is 2.63. The van der Waals surface area contributed by atoms with Crippen LogP contribution in [0.1, 0.15) is 32.6 Å². The molecule has 1 aromatic carbocycles. The van der Waals surface area contributed by atoms with E-state index in [2.05, 4.69) is 0 Å². The average molecular weight is 344 g/mol. The van der Waals surface area contributed by atoms with E-state index in [-0.39, 0.29) is 36.2 Å². The Kier molecular flexibility index (Phi) is 5.18. The molecule has 0 bridgehead atoms. The standard InChI is InChI=1S/C19H24N2O4/c1-15(22)7-8-17(23)20-11-9-19(10-12-20)14-21(18(24)13-25-19)16-5-3-2-4-6-16/h2-6H,7-14H2,1H3. The molecule has 0 saturated carbocycles. The van der Waals surface area contributed by atoms with E-state index in [0.717, 1.165) is 5.69 Å². The molecule has 2 amide bonds. The van der Waals surface area contributed by atoms with Gasteiger partial charge in [-0.05, 0) is 31.9 Å². The van der Waals surface area contributed by atoms with Gasteiger partial charge in [0.25, 0.3) is 5.91 Å². The summed E-state index contributed by atoms with van der Waals surface area (Å²) < 4.78 is 5.91. The third-order valence-corrected chi connectivity index (χ3v) is 5.04. The van der Waals surface area contributed by atoms with Crippen molar-refractivity contribution in [3.63, 3.8) is 0 Å². The highest BCUT2D eigenvalue weighted by Gasteiger charge is 2.43. The fraction of sp³-hybridized carbons (Fsp3) is 0.526. The molecule has 0 radical (unpaired) electrons. The Morgan fingerprint density at radius 3 is 2.44 bits per heavy atom. The van der Waals surface area contributed by atoms with Crippen molar-refractivity contribution in [1.82, 2.24) is 4.90 Å². The number of para-hydroxylation sites is 1. The summed E-state index contributed by atoms with van der Waals surface area (Å²) in [6.07, 6.45) is 1.98. The van der Waals surface area contributed by atoms with Crippen molar-refractivity contribution in [2.75, 3.05) is 31.1 Å². The van der Waals surface area contributed by atoms with Gasteiger partial charge < -0.3 is 19.3 Å². The molecular weight excluding hydrogens is 320 g/mol. The van der Waals surface area contributed by atoms with E-state index in [1.807, 2.05) is 30.3 Å². The molecule has 2 heterocycles. The Morgan fingerprint density at radius 2 is 1.80 bits per heavy atom. The number of amides is 2. The predicted molar refractivity (Wildman–Crippen MR) is 93.2 cm³/mol. The van der Waals surface area contributed by atoms with E-state index in [0.29, 0.717) is 38.9 Å². The minimum Gasteiger partial charge on any atom is -0.363 e. The summed E-state index contributed by atoms with van der Waals surface area (Å²) in [5, 5.41) is 0. The lowest BCUT2D eigenvalue weighted by molar-refractivity contribution is -0.150. The summed E-state index contributed by atoms with van der Waals surface area (Å²) in [7, 11) is 0. The van der Waals surface area contributed by atoms with Crippen LogP contribution in [0.4, 0.5) is 5.69 Å². The van der Waals surface area contributed by atoms with Crippen molar-refractivity contribution in [1.29, 1.82) is 0 Å². The van der Waals surface area contributed by atoms with Gasteiger partial charge in [-0.2, -0.15) is 0 Å². The quantitative estimate of drug-likeness (QED) is 0.835. The number of piperidine rings is 1. The zero-order valence-electron chi connectivity index (χ0n) is 14.6. The minimum atomic E-state index is -0.388. The molecule has 0 N–H and O–H groups in total. The van der Waals surface area contributed by atoms with Gasteiger partial charge in [-0.1, -0.05) is 18.2 Å². The third-order valence-electron chi connectivity index (χ3n) is 5.04. The highest BCUT2D eigenvalue weighted by molar-refractivity contribution is 5.95. The topological polar surface area (TPSA) is 66.9 Å². The van der Waals surface area contributed by atoms with Crippen molar-refractivity contribution >= 4 is 23.3 Å². The lowest BCUT2D eigenvalue weighted by atomic mass is 9.88. The van der Waals surface area contributed by atoms with Gasteiger partial charge in [0.1, 0.15) is 12.4 Å². The van der Waals surface area contributed by atoms with Gasteiger partial charge in [0, 0.05) is 31.6 Å². The molecule has 1 spiro atoms. The smallest absolute Gasteiger partial charge is 0.253 e. The molecule has 6 heteroatoms. The van der Waals surface area contributed by atoms with Crippen molar-refractivity contribution in [3.05, 3.63) is 30.3 Å². The second-order valence-corrected chi connectivity index (χ2v) is 6.87. The summed E-state index contributed by atoms with van der Waals surface area (Å²) in [5.74, 6) is 0.0306. The van der Waals surface area contributed by atoms with Crippen molar-refractivity contribution in [3.8, 4) is 0 Å². The molecule has 0 unspecified atom stereocenters. The molecule has 0 aromatic heterocycles. The first-order chi connectivity index (χ1) is 12.0. The molecule has 1 aromatic rings. The monoisotopic (exact) mass is 344 g/mol. The maximum absolute atomic E-state index is 12.2. The van der Waals surface area contributed by atoms with Gasteiger partial charge in [0.05, 0.1) is 12.1 Å². The van der Waals surface area contributed by atoms with Gasteiger partial charge in [0.2, 0.25) is 5.91 Å². The highest BCUT2D eigenvalue weighted by atomic mass is 16.5. The fourth-order valence-electron chi connectivity index (χ4n) is 3.47. The van der Waals surface area contributed by atoms with Crippen LogP contribution in [0.25, 0.3) is 0 Å². The normalized spacial score (nSPS) is 20.0. The number of ketones is 1. The van der Waals surface area contributed by atoms with Gasteiger partial charge in [-0.25, -0.2) is 0 Å². The second kappa shape index (κ2) is 7.35. The maximum Gasteiger partial charge on any atom is 0.253 e. The lowest BCUT2D eigenvalue weighted by Crippen LogP contribution is -2.59. The van der Waals surface area contributed by atoms with Crippen LogP contribution in [0, 0.1) is 0 Å². The molecule has 0 atom stereocenters. The Bertz CT molecular complexity index is 651. The second-order valence-electron chi connectivity index (χ2n) is 6.87. The number of rotatable bonds is 4. The van der Waals surface area contributed by atoms with Gasteiger partial charge in [-0.3, -0.25) is 9.59 Å². The predicted octanol–water partition coefficient (Wildman–Crippen LogP) is 1.78. The number of hydrogen-bond donors (Lipinski definition) is 0. The molecule has 3 rings (SSSR count). The molecule has 6 nitrogen and oxygen atoms in total. The maximum atomic E-state index is 12.2. The van der Waals surface area contributed by atoms with Crippen LogP contribution in [0.2, 0.25) is 0 Å². The summed E-state index contributed by atoms with van der Waals surface area (Å²) in [4.78, 5) is 39.1.